The molecule has 4 rings (SSSR count). The molecule has 0 amide bonds. The third-order valence-electron chi connectivity index (χ3n) is 6.75. The average molecular weight is 739 g/mol. The van der Waals surface area contributed by atoms with Crippen molar-refractivity contribution in [1.29, 1.82) is 0 Å². The second kappa shape index (κ2) is 13.2. The molecule has 0 atom stereocenters. The van der Waals surface area contributed by atoms with E-state index in [-0.39, 0.29) is 0 Å². The van der Waals surface area contributed by atoms with Crippen LogP contribution in [0.4, 0.5) is 0 Å². The van der Waals surface area contributed by atoms with Gasteiger partial charge in [0.1, 0.15) is 0 Å². The molecule has 7 heteroatoms. The molecule has 40 heavy (non-hydrogen) atoms. The first-order valence-electron chi connectivity index (χ1n) is 13.7. The third kappa shape index (κ3) is 4.81. The Morgan fingerprint density at radius 3 is 0.950 bits per heavy atom. The van der Waals surface area contributed by atoms with Gasteiger partial charge in [0.05, 0.1) is 0 Å². The van der Waals surface area contributed by atoms with E-state index in [1.807, 2.05) is 125 Å². The van der Waals surface area contributed by atoms with Crippen LogP contribution in [0.2, 0.25) is 0 Å². The van der Waals surface area contributed by atoms with Gasteiger partial charge in [0.15, 0.2) is 0 Å². The fourth-order valence-electron chi connectivity index (χ4n) is 5.44. The van der Waals surface area contributed by atoms with Crippen molar-refractivity contribution < 1.29 is 26.6 Å². The van der Waals surface area contributed by atoms with Crippen LogP contribution in [0.25, 0.3) is 0 Å². The predicted molar refractivity (Wildman–Crippen MR) is 162 cm³/mol. The van der Waals surface area contributed by atoms with Gasteiger partial charge in [0.2, 0.25) is 0 Å². The van der Waals surface area contributed by atoms with Crippen LogP contribution in [0.1, 0.15) is 27.7 Å². The summed E-state index contributed by atoms with van der Waals surface area (Å²) in [5.74, 6) is 2.51. The molecule has 210 valence electrons. The van der Waals surface area contributed by atoms with Gasteiger partial charge in [-0.25, -0.2) is 0 Å². The van der Waals surface area contributed by atoms with Crippen LogP contribution in [0, 0.1) is 0 Å². The van der Waals surface area contributed by atoms with Crippen molar-refractivity contribution in [3.05, 3.63) is 97.1 Å². The van der Waals surface area contributed by atoms with Crippen molar-refractivity contribution in [2.75, 3.05) is 26.4 Å². The van der Waals surface area contributed by atoms with E-state index in [0.717, 1.165) is 13.1 Å². The van der Waals surface area contributed by atoms with E-state index < -0.39 is 19.2 Å². The summed E-state index contributed by atoms with van der Waals surface area (Å²) in [4.78, 5) is 13.1. The minimum atomic E-state index is -6.09. The number of para-hydroxylation sites is 4. The van der Waals surface area contributed by atoms with Gasteiger partial charge < -0.3 is 0 Å². The molecule has 0 spiro atoms. The molecule has 6 nitrogen and oxygen atoms in total. The van der Waals surface area contributed by atoms with Crippen LogP contribution >= 0.6 is 0 Å². The van der Waals surface area contributed by atoms with E-state index in [1.54, 1.807) is 0 Å². The first-order chi connectivity index (χ1) is 19.6. The quantitative estimate of drug-likeness (QED) is 0.142. The standard InChI is InChI=1S/4C8H9O.CH2O2.Bi/c4*1-2-9-8-6-4-3-5-7-8;2-1-3;/h4*3-6H,2H2,1H3;1H,(H,2,3);/q;;;;;+1/p-1. The van der Waals surface area contributed by atoms with Gasteiger partial charge in [-0.3, -0.25) is 0 Å². The summed E-state index contributed by atoms with van der Waals surface area (Å²) in [7, 11) is 0. The first-order valence-corrected chi connectivity index (χ1v) is 22.0. The van der Waals surface area contributed by atoms with Crippen LogP contribution in [0.15, 0.2) is 97.1 Å². The van der Waals surface area contributed by atoms with E-state index >= 15 is 0 Å². The number of benzene rings is 4. The van der Waals surface area contributed by atoms with Gasteiger partial charge in [-0.1, -0.05) is 0 Å². The predicted octanol–water partition coefficient (Wildman–Crippen LogP) is 4.28. The van der Waals surface area contributed by atoms with Crippen molar-refractivity contribution in [2.45, 2.75) is 27.7 Å². The number of carbonyl (C=O) groups is 1. The van der Waals surface area contributed by atoms with Crippen molar-refractivity contribution >= 4 is 38.8 Å². The molecule has 0 radical (unpaired) electrons. The van der Waals surface area contributed by atoms with Crippen LogP contribution < -0.4 is 32.0 Å². The fraction of sp³-hybridized carbons (Fsp3) is 0.242. The Labute approximate surface area is 238 Å². The maximum atomic E-state index is 13.1. The zero-order valence-electron chi connectivity index (χ0n) is 23.5. The molecule has 4 aromatic carbocycles. The second-order valence-electron chi connectivity index (χ2n) is 8.84. The Morgan fingerprint density at radius 1 is 0.475 bits per heavy atom. The summed E-state index contributed by atoms with van der Waals surface area (Å²) in [6.07, 6.45) is 0. The van der Waals surface area contributed by atoms with Gasteiger partial charge >= 0.3 is 240 Å². The van der Waals surface area contributed by atoms with Crippen LogP contribution in [0.3, 0.4) is 0 Å². The summed E-state index contributed by atoms with van der Waals surface area (Å²) in [6.45, 7) is 10.1. The van der Waals surface area contributed by atoms with Gasteiger partial charge in [0, 0.05) is 0 Å². The number of ether oxygens (including phenoxy) is 4. The van der Waals surface area contributed by atoms with Crippen LogP contribution in [-0.2, 0) is 7.61 Å². The molecule has 0 aliphatic heterocycles. The molecule has 0 aliphatic rings. The molecule has 0 saturated carbocycles. The van der Waals surface area contributed by atoms with E-state index in [1.165, 1.54) is 0 Å². The molecule has 0 aromatic heterocycles. The summed E-state index contributed by atoms with van der Waals surface area (Å²) in [6, 6.07) is 31.3. The van der Waals surface area contributed by atoms with E-state index in [0.29, 0.717) is 55.9 Å². The Balaban J connectivity index is 2.44. The van der Waals surface area contributed by atoms with E-state index in [4.69, 9.17) is 21.8 Å². The number of carbonyl (C=O) groups excluding carboxylic acids is 1. The van der Waals surface area contributed by atoms with Gasteiger partial charge in [-0.15, -0.1) is 0 Å². The first kappa shape index (κ1) is 29.4. The Kier molecular flexibility index (Phi) is 9.70. The minimum absolute atomic E-state index is 0.428. The molecule has 0 bridgehead atoms. The van der Waals surface area contributed by atoms with Crippen LogP contribution in [-0.4, -0.2) is 52.1 Å². The van der Waals surface area contributed by atoms with Crippen molar-refractivity contribution in [3.63, 3.8) is 0 Å². The summed E-state index contributed by atoms with van der Waals surface area (Å²) in [5.41, 5.74) is 0. The van der Waals surface area contributed by atoms with Crippen LogP contribution in [0.5, 0.6) is 23.0 Å². The third-order valence-corrected chi connectivity index (χ3v) is 28.8. The monoisotopic (exact) mass is 738 g/mol. The Morgan fingerprint density at radius 2 is 0.725 bits per heavy atom. The molecule has 0 unspecified atom stereocenters. The molecular weight excluding hydrogens is 701 g/mol. The van der Waals surface area contributed by atoms with Gasteiger partial charge in [-0.2, -0.15) is 0 Å². The molecule has 4 aromatic rings. The van der Waals surface area contributed by atoms with Crippen molar-refractivity contribution in [2.24, 2.45) is 0 Å². The topological polar surface area (TPSA) is 63.2 Å². The zero-order valence-corrected chi connectivity index (χ0v) is 27.0. The number of hydrogen-bond acceptors (Lipinski definition) is 6. The fourth-order valence-corrected chi connectivity index (χ4v) is 28.4. The van der Waals surface area contributed by atoms with Gasteiger partial charge in [-0.05, 0) is 0 Å². The summed E-state index contributed by atoms with van der Waals surface area (Å²) >= 11 is -6.09. The van der Waals surface area contributed by atoms with Crippen molar-refractivity contribution in [3.8, 4) is 23.0 Å². The van der Waals surface area contributed by atoms with Gasteiger partial charge in [0.25, 0.3) is 0 Å². The molecule has 0 heterocycles. The summed E-state index contributed by atoms with van der Waals surface area (Å²) < 4.78 is 35.3. The van der Waals surface area contributed by atoms with E-state index in [2.05, 4.69) is 0 Å². The second-order valence-corrected chi connectivity index (χ2v) is 25.2. The molecule has 0 aliphatic carbocycles. The zero-order chi connectivity index (χ0) is 28.5. The van der Waals surface area contributed by atoms with E-state index in [9.17, 15) is 4.79 Å². The molecule has 0 fully saturated rings. The maximum absolute atomic E-state index is 13.1. The normalized spacial score (nSPS) is 12.1. The number of hydrogen-bond donors (Lipinski definition) is 0. The summed E-state index contributed by atoms with van der Waals surface area (Å²) in [5, 5.41) is 0. The Bertz CT molecular complexity index is 1230. The van der Waals surface area contributed by atoms with Crippen molar-refractivity contribution in [1.82, 2.24) is 0 Å². The molecule has 0 N–H and O–H groups in total. The Hall–Kier alpha value is -3.57. The molecular formula is C33H37BiO6. The average Bonchev–Trinajstić information content (AvgIpc) is 2.98. The number of rotatable bonds is 14. The SMILES string of the molecule is CCOc1cccc[c]1[Bi]([O]C=O)([c]1ccccc1OCC)([c]1ccccc1OCC)[c]1ccccc1OCC. The molecule has 0 saturated heterocycles.